The summed E-state index contributed by atoms with van der Waals surface area (Å²) in [6.07, 6.45) is 0.910. The van der Waals surface area contributed by atoms with Crippen LogP contribution >= 0.6 is 27.5 Å². The number of nitrogens with one attached hydrogen (secondary N) is 1. The second kappa shape index (κ2) is 11.2. The highest BCUT2D eigenvalue weighted by Gasteiger charge is 2.26. The molecule has 2 rings (SSSR count). The number of ether oxygens (including phenoxy) is 1. The van der Waals surface area contributed by atoms with Crippen LogP contribution in [0.25, 0.3) is 0 Å². The molecule has 0 fully saturated rings. The largest absolute Gasteiger partial charge is 0.483 e. The number of benzene rings is 2. The number of amides is 2. The van der Waals surface area contributed by atoms with E-state index in [9.17, 15) is 9.59 Å². The zero-order valence-electron chi connectivity index (χ0n) is 16.9. The summed E-state index contributed by atoms with van der Waals surface area (Å²) in [5.41, 5.74) is 1.94. The van der Waals surface area contributed by atoms with Gasteiger partial charge < -0.3 is 15.0 Å². The van der Waals surface area contributed by atoms with Crippen molar-refractivity contribution in [2.24, 2.45) is 0 Å². The highest BCUT2D eigenvalue weighted by molar-refractivity contribution is 9.10. The lowest BCUT2D eigenvalue weighted by atomic mass is 10.1. The molecule has 7 heteroatoms. The summed E-state index contributed by atoms with van der Waals surface area (Å²) in [5, 5.41) is 3.31. The van der Waals surface area contributed by atoms with Crippen LogP contribution in [0.3, 0.4) is 0 Å². The van der Waals surface area contributed by atoms with Crippen LogP contribution in [-0.2, 0) is 22.6 Å². The Hall–Kier alpha value is -2.05. The number of hydrogen-bond donors (Lipinski definition) is 1. The molecule has 156 valence electrons. The fourth-order valence-electron chi connectivity index (χ4n) is 2.82. The third-order valence-electron chi connectivity index (χ3n) is 4.57. The van der Waals surface area contributed by atoms with E-state index in [1.54, 1.807) is 13.0 Å². The molecule has 0 aliphatic heterocycles. The molecule has 0 bridgehead atoms. The third-order valence-corrected chi connectivity index (χ3v) is 5.56. The number of rotatable bonds is 9. The molecule has 0 radical (unpaired) electrons. The van der Waals surface area contributed by atoms with Gasteiger partial charge in [-0.25, -0.2) is 0 Å². The minimum atomic E-state index is -0.659. The fraction of sp³-hybridized carbons (Fsp3) is 0.364. The molecule has 0 saturated carbocycles. The molecule has 5 nitrogen and oxygen atoms in total. The average molecular weight is 482 g/mol. The number of carbonyl (C=O) groups excluding carboxylic acids is 2. The lowest BCUT2D eigenvalue weighted by molar-refractivity contribution is -0.142. The molecule has 1 atom stereocenters. The van der Waals surface area contributed by atoms with Gasteiger partial charge in [-0.1, -0.05) is 42.8 Å². The first-order valence-electron chi connectivity index (χ1n) is 9.59. The lowest BCUT2D eigenvalue weighted by Gasteiger charge is -2.29. The Bertz CT molecular complexity index is 860. The van der Waals surface area contributed by atoms with Crippen molar-refractivity contribution in [2.75, 3.05) is 13.2 Å². The zero-order valence-corrected chi connectivity index (χ0v) is 19.2. The summed E-state index contributed by atoms with van der Waals surface area (Å²) in [7, 11) is 0. The van der Waals surface area contributed by atoms with E-state index >= 15 is 0 Å². The van der Waals surface area contributed by atoms with Gasteiger partial charge in [-0.05, 0) is 65.5 Å². The van der Waals surface area contributed by atoms with Gasteiger partial charge in [-0.2, -0.15) is 0 Å². The van der Waals surface area contributed by atoms with Crippen molar-refractivity contribution in [1.29, 1.82) is 0 Å². The van der Waals surface area contributed by atoms with Gasteiger partial charge in [0.25, 0.3) is 5.91 Å². The predicted molar refractivity (Wildman–Crippen MR) is 119 cm³/mol. The van der Waals surface area contributed by atoms with Crippen LogP contribution in [0.2, 0.25) is 5.02 Å². The molecule has 0 heterocycles. The molecule has 2 aromatic rings. The highest BCUT2D eigenvalue weighted by Crippen LogP contribution is 2.26. The van der Waals surface area contributed by atoms with E-state index in [-0.39, 0.29) is 25.0 Å². The summed E-state index contributed by atoms with van der Waals surface area (Å²) in [4.78, 5) is 26.8. The Labute approximate surface area is 185 Å². The molecule has 0 aromatic heterocycles. The van der Waals surface area contributed by atoms with Crippen molar-refractivity contribution in [3.8, 4) is 5.75 Å². The van der Waals surface area contributed by atoms with Crippen molar-refractivity contribution >= 4 is 39.3 Å². The zero-order chi connectivity index (χ0) is 21.4. The fourth-order valence-corrected chi connectivity index (χ4v) is 3.55. The Morgan fingerprint density at radius 3 is 2.55 bits per heavy atom. The summed E-state index contributed by atoms with van der Waals surface area (Å²) in [6, 6.07) is 12.4. The van der Waals surface area contributed by atoms with Crippen LogP contribution in [0.1, 0.15) is 31.9 Å². The minimum absolute atomic E-state index is 0.182. The maximum Gasteiger partial charge on any atom is 0.261 e. The van der Waals surface area contributed by atoms with Crippen LogP contribution in [0.15, 0.2) is 46.9 Å². The van der Waals surface area contributed by atoms with Crippen LogP contribution in [0.4, 0.5) is 0 Å². The summed E-state index contributed by atoms with van der Waals surface area (Å²) in [5.74, 6) is 0.0652. The molecule has 1 N–H and O–H groups in total. The van der Waals surface area contributed by atoms with E-state index in [1.807, 2.05) is 43.3 Å². The van der Waals surface area contributed by atoms with Crippen molar-refractivity contribution in [3.63, 3.8) is 0 Å². The van der Waals surface area contributed by atoms with Crippen LogP contribution in [0.5, 0.6) is 5.75 Å². The Kier molecular flexibility index (Phi) is 8.99. The molecule has 29 heavy (non-hydrogen) atoms. The van der Waals surface area contributed by atoms with E-state index in [0.717, 1.165) is 16.5 Å². The SMILES string of the molecule is CCNC(=O)[C@H](C)N(Cc1ccccc1Cl)C(=O)COc1ccc(CC)cc1Br. The molecule has 0 spiro atoms. The number of aryl methyl sites for hydroxylation is 1. The van der Waals surface area contributed by atoms with E-state index in [0.29, 0.717) is 17.3 Å². The Morgan fingerprint density at radius 2 is 1.93 bits per heavy atom. The average Bonchev–Trinajstić information content (AvgIpc) is 2.71. The number of hydrogen-bond acceptors (Lipinski definition) is 3. The first-order valence-corrected chi connectivity index (χ1v) is 10.8. The number of halogens is 2. The molecule has 0 aliphatic carbocycles. The topological polar surface area (TPSA) is 58.6 Å². The monoisotopic (exact) mass is 480 g/mol. The van der Waals surface area contributed by atoms with Crippen molar-refractivity contribution in [2.45, 2.75) is 39.8 Å². The molecule has 0 saturated heterocycles. The predicted octanol–water partition coefficient (Wildman–Crippen LogP) is 4.60. The van der Waals surface area contributed by atoms with Gasteiger partial charge in [0.1, 0.15) is 11.8 Å². The van der Waals surface area contributed by atoms with Crippen LogP contribution < -0.4 is 10.1 Å². The smallest absolute Gasteiger partial charge is 0.261 e. The summed E-state index contributed by atoms with van der Waals surface area (Å²) >= 11 is 9.74. The standard InChI is InChI=1S/C22H26BrClN2O3/c1-4-16-10-11-20(18(23)12-16)29-14-21(27)26(15(3)22(28)25-5-2)13-17-8-6-7-9-19(17)24/h6-12,15H,4-5,13-14H2,1-3H3,(H,25,28)/t15-/m0/s1. The summed E-state index contributed by atoms with van der Waals surface area (Å²) in [6.45, 7) is 6.14. The first kappa shape index (κ1) is 23.2. The second-order valence-electron chi connectivity index (χ2n) is 6.59. The van der Waals surface area contributed by atoms with Gasteiger partial charge in [-0.3, -0.25) is 9.59 Å². The lowest BCUT2D eigenvalue weighted by Crippen LogP contribution is -2.49. The van der Waals surface area contributed by atoms with Crippen LogP contribution in [-0.4, -0.2) is 35.9 Å². The molecular formula is C22H26BrClN2O3. The van der Waals surface area contributed by atoms with E-state index in [1.165, 1.54) is 10.5 Å². The molecule has 2 amide bonds. The molecule has 2 aromatic carbocycles. The van der Waals surface area contributed by atoms with Gasteiger partial charge in [0, 0.05) is 18.1 Å². The van der Waals surface area contributed by atoms with Gasteiger partial charge in [0.05, 0.1) is 4.47 Å². The maximum atomic E-state index is 13.0. The van der Waals surface area contributed by atoms with Crippen LogP contribution in [0, 0.1) is 0 Å². The van der Waals surface area contributed by atoms with Crippen molar-refractivity contribution < 1.29 is 14.3 Å². The van der Waals surface area contributed by atoms with E-state index in [4.69, 9.17) is 16.3 Å². The Balaban J connectivity index is 2.17. The van der Waals surface area contributed by atoms with E-state index in [2.05, 4.69) is 28.2 Å². The maximum absolute atomic E-state index is 13.0. The van der Waals surface area contributed by atoms with Crippen molar-refractivity contribution in [1.82, 2.24) is 10.2 Å². The minimum Gasteiger partial charge on any atom is -0.483 e. The summed E-state index contributed by atoms with van der Waals surface area (Å²) < 4.78 is 6.52. The Morgan fingerprint density at radius 1 is 1.21 bits per heavy atom. The highest BCUT2D eigenvalue weighted by atomic mass is 79.9. The second-order valence-corrected chi connectivity index (χ2v) is 7.85. The first-order chi connectivity index (χ1) is 13.9. The number of likely N-dealkylation sites (N-methyl/N-ethyl adjacent to an activating group) is 1. The van der Waals surface area contributed by atoms with Gasteiger partial charge in [0.15, 0.2) is 6.61 Å². The normalized spacial score (nSPS) is 11.6. The van der Waals surface area contributed by atoms with E-state index < -0.39 is 6.04 Å². The number of nitrogens with zero attached hydrogens (tertiary/aromatic N) is 1. The third kappa shape index (κ3) is 6.47. The number of carbonyl (C=O) groups is 2. The van der Waals surface area contributed by atoms with Gasteiger partial charge >= 0.3 is 0 Å². The molecule has 0 unspecified atom stereocenters. The van der Waals surface area contributed by atoms with Gasteiger partial charge in [-0.15, -0.1) is 0 Å². The van der Waals surface area contributed by atoms with Crippen molar-refractivity contribution in [3.05, 3.63) is 63.1 Å². The van der Waals surface area contributed by atoms with Gasteiger partial charge in [0.2, 0.25) is 5.91 Å². The molecular weight excluding hydrogens is 456 g/mol. The quantitative estimate of drug-likeness (QED) is 0.569. The molecule has 0 aliphatic rings.